The van der Waals surface area contributed by atoms with E-state index in [1.54, 1.807) is 37.1 Å². The summed E-state index contributed by atoms with van der Waals surface area (Å²) in [5, 5.41) is 12.3. The van der Waals surface area contributed by atoms with Crippen LogP contribution in [0.5, 0.6) is 11.5 Å². The van der Waals surface area contributed by atoms with E-state index >= 15 is 0 Å². The summed E-state index contributed by atoms with van der Waals surface area (Å²) in [5.41, 5.74) is 0.665. The molecule has 1 aliphatic rings. The molecule has 0 bridgehead atoms. The number of ether oxygens (including phenoxy) is 2. The number of likely N-dealkylation sites (tertiary alicyclic amines) is 1. The van der Waals surface area contributed by atoms with Crippen LogP contribution >= 0.6 is 11.8 Å². The van der Waals surface area contributed by atoms with Crippen molar-refractivity contribution >= 4 is 17.7 Å². The molecular formula is C15H19N5O3S. The van der Waals surface area contributed by atoms with E-state index in [4.69, 9.17) is 9.47 Å². The predicted molar refractivity (Wildman–Crippen MR) is 88.8 cm³/mol. The molecule has 0 N–H and O–H groups in total. The van der Waals surface area contributed by atoms with Gasteiger partial charge in [0.25, 0.3) is 0 Å². The van der Waals surface area contributed by atoms with E-state index in [9.17, 15) is 4.79 Å². The van der Waals surface area contributed by atoms with Gasteiger partial charge in [-0.2, -0.15) is 4.68 Å². The highest BCUT2D eigenvalue weighted by Crippen LogP contribution is 2.29. The molecule has 0 saturated carbocycles. The van der Waals surface area contributed by atoms with Gasteiger partial charge < -0.3 is 14.4 Å². The molecule has 0 spiro atoms. The molecule has 9 heteroatoms. The second kappa shape index (κ2) is 7.52. The van der Waals surface area contributed by atoms with Gasteiger partial charge in [-0.3, -0.25) is 4.79 Å². The molecule has 8 nitrogen and oxygen atoms in total. The van der Waals surface area contributed by atoms with Crippen LogP contribution in [0.3, 0.4) is 0 Å². The van der Waals surface area contributed by atoms with Gasteiger partial charge in [-0.15, -0.1) is 5.10 Å². The number of hydrogen-bond acceptors (Lipinski definition) is 7. The second-order valence-electron chi connectivity index (χ2n) is 5.29. The molecule has 1 aliphatic heterocycles. The molecule has 0 unspecified atom stereocenters. The van der Waals surface area contributed by atoms with Crippen LogP contribution in [0.25, 0.3) is 5.69 Å². The van der Waals surface area contributed by atoms with Crippen molar-refractivity contribution in [2.45, 2.75) is 18.0 Å². The van der Waals surface area contributed by atoms with Crippen LogP contribution in [0.1, 0.15) is 12.8 Å². The Hall–Kier alpha value is -2.29. The fourth-order valence-electron chi connectivity index (χ4n) is 2.57. The van der Waals surface area contributed by atoms with Gasteiger partial charge in [0.1, 0.15) is 17.2 Å². The van der Waals surface area contributed by atoms with Crippen LogP contribution < -0.4 is 9.47 Å². The van der Waals surface area contributed by atoms with E-state index in [-0.39, 0.29) is 5.91 Å². The summed E-state index contributed by atoms with van der Waals surface area (Å²) in [7, 11) is 3.18. The van der Waals surface area contributed by atoms with Gasteiger partial charge in [0, 0.05) is 19.2 Å². The lowest BCUT2D eigenvalue weighted by molar-refractivity contribution is -0.127. The number of rotatable bonds is 6. The van der Waals surface area contributed by atoms with E-state index in [2.05, 4.69) is 15.5 Å². The molecule has 0 aliphatic carbocycles. The highest BCUT2D eigenvalue weighted by molar-refractivity contribution is 7.99. The van der Waals surface area contributed by atoms with Crippen LogP contribution in [-0.2, 0) is 4.79 Å². The maximum atomic E-state index is 12.2. The van der Waals surface area contributed by atoms with E-state index in [1.807, 2.05) is 4.90 Å². The third-order valence-corrected chi connectivity index (χ3v) is 4.74. The zero-order chi connectivity index (χ0) is 16.9. The van der Waals surface area contributed by atoms with Crippen molar-refractivity contribution < 1.29 is 14.3 Å². The zero-order valence-electron chi connectivity index (χ0n) is 13.6. The Morgan fingerprint density at radius 2 is 2.04 bits per heavy atom. The topological polar surface area (TPSA) is 82.4 Å². The maximum Gasteiger partial charge on any atom is 0.233 e. The number of aromatic nitrogens is 4. The first-order chi connectivity index (χ1) is 11.7. The van der Waals surface area contributed by atoms with Crippen molar-refractivity contribution in [1.29, 1.82) is 0 Å². The van der Waals surface area contributed by atoms with Crippen molar-refractivity contribution in [3.05, 3.63) is 18.2 Å². The van der Waals surface area contributed by atoms with E-state index < -0.39 is 0 Å². The standard InChI is InChI=1S/C15H19N5O3S/c1-22-11-5-6-13(23-2)12(9-11)20-15(16-17-18-20)24-10-14(21)19-7-3-4-8-19/h5-6,9H,3-4,7-8,10H2,1-2H3. The Labute approximate surface area is 144 Å². The van der Waals surface area contributed by atoms with Gasteiger partial charge in [0.05, 0.1) is 20.0 Å². The Kier molecular flexibility index (Phi) is 5.19. The molecule has 1 fully saturated rings. The summed E-state index contributed by atoms with van der Waals surface area (Å²) in [6, 6.07) is 5.39. The molecule has 1 aromatic heterocycles. The normalized spacial score (nSPS) is 14.0. The molecule has 2 aromatic rings. The van der Waals surface area contributed by atoms with E-state index in [1.165, 1.54) is 11.8 Å². The van der Waals surface area contributed by atoms with Crippen molar-refractivity contribution in [2.75, 3.05) is 33.1 Å². The first-order valence-electron chi connectivity index (χ1n) is 7.64. The molecule has 128 valence electrons. The number of hydrogen-bond donors (Lipinski definition) is 0. The lowest BCUT2D eigenvalue weighted by Crippen LogP contribution is -2.29. The first-order valence-corrected chi connectivity index (χ1v) is 8.63. The summed E-state index contributed by atoms with van der Waals surface area (Å²) in [6.07, 6.45) is 2.16. The molecule has 3 rings (SSSR count). The van der Waals surface area contributed by atoms with Gasteiger partial charge in [0.15, 0.2) is 0 Å². The summed E-state index contributed by atoms with van der Waals surface area (Å²) >= 11 is 1.32. The van der Waals surface area contributed by atoms with Crippen molar-refractivity contribution in [1.82, 2.24) is 25.1 Å². The van der Waals surface area contributed by atoms with E-state index in [0.717, 1.165) is 25.9 Å². The number of nitrogens with zero attached hydrogens (tertiary/aromatic N) is 5. The van der Waals surface area contributed by atoms with E-state index in [0.29, 0.717) is 28.1 Å². The minimum atomic E-state index is 0.115. The van der Waals surface area contributed by atoms with Gasteiger partial charge in [0.2, 0.25) is 11.1 Å². The fraction of sp³-hybridized carbons (Fsp3) is 0.467. The summed E-state index contributed by atoms with van der Waals surface area (Å²) in [5.74, 6) is 1.72. The fourth-order valence-corrected chi connectivity index (χ4v) is 3.35. The smallest absolute Gasteiger partial charge is 0.233 e. The van der Waals surface area contributed by atoms with Crippen molar-refractivity contribution in [2.24, 2.45) is 0 Å². The summed E-state index contributed by atoms with van der Waals surface area (Å²) in [6.45, 7) is 1.68. The molecule has 1 saturated heterocycles. The number of methoxy groups -OCH3 is 2. The number of tetrazole rings is 1. The lowest BCUT2D eigenvalue weighted by atomic mass is 10.3. The molecular weight excluding hydrogens is 330 g/mol. The Morgan fingerprint density at radius 3 is 2.75 bits per heavy atom. The lowest BCUT2D eigenvalue weighted by Gasteiger charge is -2.14. The van der Waals surface area contributed by atoms with Gasteiger partial charge in [-0.05, 0) is 35.4 Å². The first kappa shape index (κ1) is 16.6. The van der Waals surface area contributed by atoms with Crippen LogP contribution in [0.4, 0.5) is 0 Å². The van der Waals surface area contributed by atoms with Crippen molar-refractivity contribution in [3.63, 3.8) is 0 Å². The minimum Gasteiger partial charge on any atom is -0.497 e. The van der Waals surface area contributed by atoms with Gasteiger partial charge >= 0.3 is 0 Å². The Balaban J connectivity index is 1.79. The van der Waals surface area contributed by atoms with Crippen LogP contribution in [0.15, 0.2) is 23.4 Å². The summed E-state index contributed by atoms with van der Waals surface area (Å²) < 4.78 is 12.2. The molecule has 1 amide bonds. The third kappa shape index (κ3) is 3.45. The number of thioether (sulfide) groups is 1. The predicted octanol–water partition coefficient (Wildman–Crippen LogP) is 1.39. The Morgan fingerprint density at radius 1 is 1.25 bits per heavy atom. The van der Waals surface area contributed by atoms with Crippen LogP contribution in [-0.4, -0.2) is 64.1 Å². The average Bonchev–Trinajstić information content (AvgIpc) is 3.30. The van der Waals surface area contributed by atoms with Crippen LogP contribution in [0, 0.1) is 0 Å². The largest absolute Gasteiger partial charge is 0.497 e. The molecule has 2 heterocycles. The minimum absolute atomic E-state index is 0.115. The second-order valence-corrected chi connectivity index (χ2v) is 6.23. The van der Waals surface area contributed by atoms with Gasteiger partial charge in [-0.25, -0.2) is 0 Å². The number of amides is 1. The Bertz CT molecular complexity index is 715. The molecule has 0 atom stereocenters. The van der Waals surface area contributed by atoms with Gasteiger partial charge in [-0.1, -0.05) is 11.8 Å². The maximum absolute atomic E-state index is 12.2. The zero-order valence-corrected chi connectivity index (χ0v) is 14.5. The SMILES string of the molecule is COc1ccc(OC)c(-n2nnnc2SCC(=O)N2CCCC2)c1. The third-order valence-electron chi connectivity index (χ3n) is 3.84. The molecule has 24 heavy (non-hydrogen) atoms. The highest BCUT2D eigenvalue weighted by atomic mass is 32.2. The summed E-state index contributed by atoms with van der Waals surface area (Å²) in [4.78, 5) is 14.1. The van der Waals surface area contributed by atoms with Crippen LogP contribution in [0.2, 0.25) is 0 Å². The monoisotopic (exact) mass is 349 g/mol. The average molecular weight is 349 g/mol. The number of carbonyl (C=O) groups excluding carboxylic acids is 1. The molecule has 1 aromatic carbocycles. The van der Waals surface area contributed by atoms with Crippen molar-refractivity contribution in [3.8, 4) is 17.2 Å². The quantitative estimate of drug-likeness (QED) is 0.729. The number of benzene rings is 1. The highest BCUT2D eigenvalue weighted by Gasteiger charge is 2.20. The molecule has 0 radical (unpaired) electrons. The number of carbonyl (C=O) groups is 1.